The lowest BCUT2D eigenvalue weighted by molar-refractivity contribution is 0.0718. The van der Waals surface area contributed by atoms with E-state index in [1.54, 1.807) is 4.68 Å². The average molecular weight is 302 g/mol. The van der Waals surface area contributed by atoms with Crippen molar-refractivity contribution in [3.63, 3.8) is 0 Å². The summed E-state index contributed by atoms with van der Waals surface area (Å²) in [6.07, 6.45) is 0. The van der Waals surface area contributed by atoms with Crippen molar-refractivity contribution in [2.45, 2.75) is 33.7 Å². The predicted octanol–water partition coefficient (Wildman–Crippen LogP) is 2.28. The molecule has 1 heterocycles. The van der Waals surface area contributed by atoms with Gasteiger partial charge in [-0.05, 0) is 27.7 Å². The molecule has 0 N–H and O–H groups in total. The van der Waals surface area contributed by atoms with Crippen LogP contribution in [-0.2, 0) is 7.05 Å². The van der Waals surface area contributed by atoms with E-state index >= 15 is 0 Å². The van der Waals surface area contributed by atoms with E-state index in [0.29, 0.717) is 6.54 Å². The molecular formula is C12H20BrN3O. The predicted molar refractivity (Wildman–Crippen MR) is 72.6 cm³/mol. The summed E-state index contributed by atoms with van der Waals surface area (Å²) in [5, 5.41) is 5.08. The van der Waals surface area contributed by atoms with Crippen LogP contribution >= 0.6 is 15.9 Å². The van der Waals surface area contributed by atoms with Crippen LogP contribution in [0.3, 0.4) is 0 Å². The Morgan fingerprint density at radius 1 is 1.47 bits per heavy atom. The molecule has 1 rings (SSSR count). The molecule has 0 unspecified atom stereocenters. The third kappa shape index (κ3) is 2.89. The largest absolute Gasteiger partial charge is 0.335 e. The summed E-state index contributed by atoms with van der Waals surface area (Å²) in [4.78, 5) is 14.3. The van der Waals surface area contributed by atoms with Crippen LogP contribution in [-0.4, -0.2) is 38.5 Å². The van der Waals surface area contributed by atoms with Crippen LogP contribution in [0.1, 0.15) is 35.6 Å². The van der Waals surface area contributed by atoms with Gasteiger partial charge in [-0.3, -0.25) is 9.48 Å². The highest BCUT2D eigenvalue weighted by Gasteiger charge is 2.24. The van der Waals surface area contributed by atoms with Gasteiger partial charge < -0.3 is 4.90 Å². The Morgan fingerprint density at radius 3 is 2.41 bits per heavy atom. The molecule has 0 saturated heterocycles. The molecule has 4 nitrogen and oxygen atoms in total. The molecule has 0 saturated carbocycles. The van der Waals surface area contributed by atoms with E-state index in [-0.39, 0.29) is 11.9 Å². The SMILES string of the molecule is Cc1nn(C)c(C)c1C(=O)N(CCBr)C(C)C. The summed E-state index contributed by atoms with van der Waals surface area (Å²) >= 11 is 3.39. The molecule has 0 atom stereocenters. The molecule has 96 valence electrons. The lowest BCUT2D eigenvalue weighted by Crippen LogP contribution is -2.38. The molecule has 1 amide bonds. The smallest absolute Gasteiger partial charge is 0.257 e. The van der Waals surface area contributed by atoms with Crippen molar-refractivity contribution in [2.75, 3.05) is 11.9 Å². The third-order valence-electron chi connectivity index (χ3n) is 2.93. The number of aromatic nitrogens is 2. The van der Waals surface area contributed by atoms with Crippen molar-refractivity contribution in [2.24, 2.45) is 7.05 Å². The molecule has 0 spiro atoms. The van der Waals surface area contributed by atoms with Gasteiger partial charge in [-0.1, -0.05) is 15.9 Å². The lowest BCUT2D eigenvalue weighted by atomic mass is 10.1. The molecule has 0 radical (unpaired) electrons. The highest BCUT2D eigenvalue weighted by atomic mass is 79.9. The first-order chi connectivity index (χ1) is 7.90. The van der Waals surface area contributed by atoms with Gasteiger partial charge in [-0.15, -0.1) is 0 Å². The summed E-state index contributed by atoms with van der Waals surface area (Å²) in [6, 6.07) is 0.194. The van der Waals surface area contributed by atoms with E-state index in [4.69, 9.17) is 0 Å². The minimum Gasteiger partial charge on any atom is -0.335 e. The maximum atomic E-state index is 12.5. The quantitative estimate of drug-likeness (QED) is 0.800. The number of halogens is 1. The Morgan fingerprint density at radius 2 is 2.06 bits per heavy atom. The third-order valence-corrected chi connectivity index (χ3v) is 3.29. The van der Waals surface area contributed by atoms with Crippen molar-refractivity contribution in [3.8, 4) is 0 Å². The number of alkyl halides is 1. The molecule has 0 aliphatic rings. The van der Waals surface area contributed by atoms with Crippen molar-refractivity contribution in [3.05, 3.63) is 17.0 Å². The number of aryl methyl sites for hydroxylation is 2. The van der Waals surface area contributed by atoms with Crippen LogP contribution in [0.2, 0.25) is 0 Å². The highest BCUT2D eigenvalue weighted by molar-refractivity contribution is 9.09. The van der Waals surface area contributed by atoms with E-state index in [9.17, 15) is 4.79 Å². The van der Waals surface area contributed by atoms with Gasteiger partial charge in [-0.2, -0.15) is 5.10 Å². The summed E-state index contributed by atoms with van der Waals surface area (Å²) in [5.74, 6) is 0.0718. The van der Waals surface area contributed by atoms with Crippen molar-refractivity contribution >= 4 is 21.8 Å². The zero-order chi connectivity index (χ0) is 13.2. The summed E-state index contributed by atoms with van der Waals surface area (Å²) in [7, 11) is 1.86. The van der Waals surface area contributed by atoms with Gasteiger partial charge in [0.15, 0.2) is 0 Å². The Balaban J connectivity index is 3.09. The van der Waals surface area contributed by atoms with E-state index in [1.165, 1.54) is 0 Å². The zero-order valence-corrected chi connectivity index (χ0v) is 12.7. The molecule has 0 fully saturated rings. The highest BCUT2D eigenvalue weighted by Crippen LogP contribution is 2.16. The van der Waals surface area contributed by atoms with Crippen molar-refractivity contribution in [1.29, 1.82) is 0 Å². The lowest BCUT2D eigenvalue weighted by Gasteiger charge is -2.26. The fraction of sp³-hybridized carbons (Fsp3) is 0.667. The van der Waals surface area contributed by atoms with Crippen molar-refractivity contribution in [1.82, 2.24) is 14.7 Å². The second-order valence-electron chi connectivity index (χ2n) is 4.45. The van der Waals surface area contributed by atoms with E-state index < -0.39 is 0 Å². The first-order valence-corrected chi connectivity index (χ1v) is 6.89. The maximum Gasteiger partial charge on any atom is 0.257 e. The van der Waals surface area contributed by atoms with Gasteiger partial charge in [0.1, 0.15) is 0 Å². The number of carbonyl (C=O) groups excluding carboxylic acids is 1. The normalized spacial score (nSPS) is 11.0. The Kier molecular flexibility index (Phi) is 4.74. The molecule has 17 heavy (non-hydrogen) atoms. The maximum absolute atomic E-state index is 12.5. The van der Waals surface area contributed by atoms with Crippen LogP contribution in [0, 0.1) is 13.8 Å². The van der Waals surface area contributed by atoms with Gasteiger partial charge in [0.05, 0.1) is 11.3 Å². The van der Waals surface area contributed by atoms with Gasteiger partial charge in [0.25, 0.3) is 5.91 Å². The molecule has 1 aromatic rings. The van der Waals surface area contributed by atoms with Gasteiger partial charge in [0.2, 0.25) is 0 Å². The molecule has 0 aliphatic heterocycles. The van der Waals surface area contributed by atoms with E-state index in [0.717, 1.165) is 22.3 Å². The van der Waals surface area contributed by atoms with Crippen LogP contribution in [0.25, 0.3) is 0 Å². The molecule has 1 aromatic heterocycles. The second kappa shape index (κ2) is 5.67. The summed E-state index contributed by atoms with van der Waals surface area (Å²) in [5.41, 5.74) is 2.46. The number of carbonyl (C=O) groups is 1. The van der Waals surface area contributed by atoms with Crippen molar-refractivity contribution < 1.29 is 4.79 Å². The number of nitrogens with zero attached hydrogens (tertiary/aromatic N) is 3. The van der Waals surface area contributed by atoms with Gasteiger partial charge >= 0.3 is 0 Å². The summed E-state index contributed by atoms with van der Waals surface area (Å²) < 4.78 is 1.76. The molecule has 0 aliphatic carbocycles. The van der Waals surface area contributed by atoms with E-state index in [2.05, 4.69) is 21.0 Å². The topological polar surface area (TPSA) is 38.1 Å². The first-order valence-electron chi connectivity index (χ1n) is 5.77. The monoisotopic (exact) mass is 301 g/mol. The standard InChI is InChI=1S/C12H20BrN3O/c1-8(2)16(7-6-13)12(17)11-9(3)14-15(5)10(11)4/h8H,6-7H2,1-5H3. The fourth-order valence-corrected chi connectivity index (χ4v) is 2.29. The number of rotatable bonds is 4. The first kappa shape index (κ1) is 14.2. The number of amides is 1. The van der Waals surface area contributed by atoms with E-state index in [1.807, 2.05) is 39.6 Å². The Labute approximate surface area is 111 Å². The molecule has 0 bridgehead atoms. The zero-order valence-electron chi connectivity index (χ0n) is 11.1. The number of hydrogen-bond acceptors (Lipinski definition) is 2. The van der Waals surface area contributed by atoms with Crippen LogP contribution in [0.4, 0.5) is 0 Å². The minimum absolute atomic E-state index is 0.0718. The number of hydrogen-bond donors (Lipinski definition) is 0. The fourth-order valence-electron chi connectivity index (χ4n) is 1.91. The van der Waals surface area contributed by atoms with Gasteiger partial charge in [0, 0.05) is 30.7 Å². The molecular weight excluding hydrogens is 282 g/mol. The van der Waals surface area contributed by atoms with Crippen LogP contribution in [0.5, 0.6) is 0 Å². The molecule has 5 heteroatoms. The Hall–Kier alpha value is -0.840. The van der Waals surface area contributed by atoms with Gasteiger partial charge in [-0.25, -0.2) is 0 Å². The second-order valence-corrected chi connectivity index (χ2v) is 5.24. The minimum atomic E-state index is 0.0718. The van der Waals surface area contributed by atoms with Crippen LogP contribution in [0.15, 0.2) is 0 Å². The Bertz CT molecular complexity index is 412. The molecule has 0 aromatic carbocycles. The average Bonchev–Trinajstić information content (AvgIpc) is 2.48. The van der Waals surface area contributed by atoms with Crippen LogP contribution < -0.4 is 0 Å². The summed E-state index contributed by atoms with van der Waals surface area (Å²) in [6.45, 7) is 8.58.